The number of benzene rings is 8. The van der Waals surface area contributed by atoms with E-state index in [1.54, 1.807) is 6.07 Å². The van der Waals surface area contributed by atoms with Crippen molar-refractivity contribution in [3.8, 4) is 33.4 Å². The maximum absolute atomic E-state index is 10.2. The Bertz CT molecular complexity index is 4300. The SMILES string of the molecule is [2H]c1c([2H])c([2H])c(-c2c([2H])c([2H])c(N(c3c([2H])c([2H])c4c(c3[2H])C(C([2H])([2H])[2H])(C([2H])([2H])[2H])c3c([2H])c([2H])c([2H])c([2H])c3-4)c3c([2H])c([2H])c([2H])c4oc5c6c([2H])c([2H])c([2H])c([2H])c6c(-c6ccccc6)c([2H])c5c34)c([2H])c2[2H])c([2H])c1[2H]. The number of anilines is 3. The molecule has 1 heterocycles. The van der Waals surface area contributed by atoms with E-state index < -0.39 is 242 Å². The lowest BCUT2D eigenvalue weighted by Gasteiger charge is -2.29. The van der Waals surface area contributed by atoms with Gasteiger partial charge >= 0.3 is 0 Å². The lowest BCUT2D eigenvalue weighted by atomic mass is 9.82. The van der Waals surface area contributed by atoms with Crippen LogP contribution in [0.5, 0.6) is 0 Å². The van der Waals surface area contributed by atoms with Crippen LogP contribution >= 0.6 is 0 Å². The quantitative estimate of drug-likeness (QED) is 0.180. The summed E-state index contributed by atoms with van der Waals surface area (Å²) in [5.41, 5.74) is -14.9. The second kappa shape index (κ2) is 11.3. The summed E-state index contributed by atoms with van der Waals surface area (Å²) in [6.07, 6.45) is 0. The highest BCUT2D eigenvalue weighted by molar-refractivity contribution is 6.22. The number of hydrogen-bond acceptors (Lipinski definition) is 2. The van der Waals surface area contributed by atoms with E-state index >= 15 is 0 Å². The van der Waals surface area contributed by atoms with E-state index in [4.69, 9.17) is 29.1 Å². The van der Waals surface area contributed by atoms with Crippen LogP contribution in [0, 0.1) is 0 Å². The van der Waals surface area contributed by atoms with Gasteiger partial charge in [0.1, 0.15) is 11.2 Å². The van der Waals surface area contributed by atoms with Gasteiger partial charge in [-0.1, -0.05) is 147 Å². The summed E-state index contributed by atoms with van der Waals surface area (Å²) >= 11 is 0. The molecule has 0 bridgehead atoms. The van der Waals surface area contributed by atoms with Crippen LogP contribution in [0.4, 0.5) is 17.1 Å². The Morgan fingerprint density at radius 1 is 0.529 bits per heavy atom. The molecule has 0 unspecified atom stereocenters. The molecular formula is C49H35NO. The van der Waals surface area contributed by atoms with Gasteiger partial charge in [-0.25, -0.2) is 0 Å². The van der Waals surface area contributed by atoms with E-state index in [9.17, 15) is 16.4 Å². The molecule has 2 nitrogen and oxygen atoms in total. The molecule has 1 aromatic heterocycles. The maximum atomic E-state index is 10.2. The largest absolute Gasteiger partial charge is 0.455 e. The zero-order valence-electron chi connectivity index (χ0n) is 55.7. The Morgan fingerprint density at radius 2 is 1.24 bits per heavy atom. The van der Waals surface area contributed by atoms with Crippen molar-refractivity contribution in [2.24, 2.45) is 0 Å². The first-order valence-electron chi connectivity index (χ1n) is 30.2. The van der Waals surface area contributed by atoms with Crippen LogP contribution in [0.25, 0.3) is 66.1 Å². The molecule has 1 aliphatic rings. The zero-order valence-corrected chi connectivity index (χ0v) is 25.7. The first-order valence-corrected chi connectivity index (χ1v) is 15.2. The Hall–Kier alpha value is -6.38. The molecule has 0 saturated heterocycles. The Morgan fingerprint density at radius 3 is 2.06 bits per heavy atom. The molecule has 242 valence electrons. The average molecular weight is 684 g/mol. The molecule has 1 aliphatic carbocycles. The normalized spacial score (nSPS) is 21.9. The van der Waals surface area contributed by atoms with Crippen molar-refractivity contribution < 1.29 is 45.5 Å². The van der Waals surface area contributed by atoms with Crippen LogP contribution in [0.2, 0.25) is 0 Å². The molecule has 0 spiro atoms. The number of furan rings is 1. The summed E-state index contributed by atoms with van der Waals surface area (Å²) in [6.45, 7) is -7.99. The van der Waals surface area contributed by atoms with Gasteiger partial charge in [0.2, 0.25) is 0 Å². The topological polar surface area (TPSA) is 16.4 Å². The molecule has 0 amide bonds. The monoisotopic (exact) mass is 683 g/mol. The molecular weight excluding hydrogens is 619 g/mol. The molecule has 0 fully saturated rings. The van der Waals surface area contributed by atoms with Crippen LogP contribution in [-0.2, 0) is 5.41 Å². The second-order valence-electron chi connectivity index (χ2n) is 11.4. The van der Waals surface area contributed by atoms with Crippen molar-refractivity contribution in [2.75, 3.05) is 4.90 Å². The van der Waals surface area contributed by atoms with E-state index in [1.165, 1.54) is 24.3 Å². The van der Waals surface area contributed by atoms with Gasteiger partial charge in [0.25, 0.3) is 0 Å². The highest BCUT2D eigenvalue weighted by atomic mass is 16.3. The lowest BCUT2D eigenvalue weighted by Crippen LogP contribution is -2.16. The van der Waals surface area contributed by atoms with Crippen molar-refractivity contribution in [1.29, 1.82) is 0 Å². The van der Waals surface area contributed by atoms with Gasteiger partial charge in [0.15, 0.2) is 0 Å². The minimum Gasteiger partial charge on any atom is -0.455 e. The average Bonchev–Trinajstić information content (AvgIpc) is 4.21. The minimum atomic E-state index is -4.00. The standard InChI is InChI=1S/C49H35NO/c1-49(2)43-21-12-11-19-38(43)39-29-28-36(30-44(39)49)50(35-26-24-33(25-27-35)32-14-5-3-6-15-32)45-22-13-23-46-47(45)42-31-41(34-16-7-4-8-17-34)37-18-9-10-20-40(37)48(42)51-46/h3-31H,1-2H3/i1D3,2D3,3D,5D,6D,9D,10D,11D,12D,13D,14D,15D,18D,19D,20D,21D,22D,23D,24D,25D,26D,27D,28D,29D,30D,31D. The Kier molecular flexibility index (Phi) is 2.70. The molecule has 8 aromatic carbocycles. The third kappa shape index (κ3) is 4.57. The number of fused-ring (bicyclic) bond motifs is 8. The summed E-state index contributed by atoms with van der Waals surface area (Å²) in [4.78, 5) is 0.362. The summed E-state index contributed by atoms with van der Waals surface area (Å²) in [7, 11) is 0. The molecule has 0 N–H and O–H groups in total. The van der Waals surface area contributed by atoms with Crippen molar-refractivity contribution in [3.63, 3.8) is 0 Å². The summed E-state index contributed by atoms with van der Waals surface area (Å²) in [5, 5.41) is -2.01. The molecule has 0 radical (unpaired) electrons. The van der Waals surface area contributed by atoms with E-state index in [1.807, 2.05) is 0 Å². The van der Waals surface area contributed by atoms with Gasteiger partial charge in [-0.05, 0) is 92.2 Å². The highest BCUT2D eigenvalue weighted by Gasteiger charge is 2.36. The molecule has 9 aromatic rings. The van der Waals surface area contributed by atoms with Crippen molar-refractivity contribution in [3.05, 3.63) is 186 Å². The fraction of sp³-hybridized carbons (Fsp3) is 0.0612. The number of nitrogens with zero attached hydrogens (tertiary/aromatic N) is 1. The first kappa shape index (κ1) is 12.1. The summed E-state index contributed by atoms with van der Waals surface area (Å²) < 4.78 is 280. The molecule has 10 rings (SSSR count). The Balaban J connectivity index is 1.52. The van der Waals surface area contributed by atoms with E-state index in [2.05, 4.69) is 0 Å². The first-order chi connectivity index (χ1) is 37.6. The third-order valence-electron chi connectivity index (χ3n) is 8.50. The van der Waals surface area contributed by atoms with Crippen molar-refractivity contribution >= 4 is 49.8 Å². The molecule has 0 aliphatic heterocycles. The predicted molar refractivity (Wildman–Crippen MR) is 214 cm³/mol. The van der Waals surface area contributed by atoms with Gasteiger partial charge in [-0.3, -0.25) is 0 Å². The fourth-order valence-electron chi connectivity index (χ4n) is 6.23. The minimum absolute atomic E-state index is 0.142. The summed E-state index contributed by atoms with van der Waals surface area (Å²) in [5.74, 6) is 0. The Labute approximate surface area is 340 Å². The van der Waals surface area contributed by atoms with Crippen LogP contribution < -0.4 is 4.90 Å². The fourth-order valence-corrected chi connectivity index (χ4v) is 6.23. The van der Waals surface area contributed by atoms with Crippen LogP contribution in [0.1, 0.15) is 66.0 Å². The number of rotatable bonds is 5. The highest BCUT2D eigenvalue weighted by Crippen LogP contribution is 2.52. The van der Waals surface area contributed by atoms with Gasteiger partial charge in [0.05, 0.1) is 44.0 Å². The predicted octanol–water partition coefficient (Wildman–Crippen LogP) is 13.8. The molecule has 0 saturated carbocycles. The van der Waals surface area contributed by atoms with Crippen LogP contribution in [0.15, 0.2) is 180 Å². The van der Waals surface area contributed by atoms with Gasteiger partial charge in [0, 0.05) is 35.8 Å². The number of hydrogen-bond donors (Lipinski definition) is 0. The van der Waals surface area contributed by atoms with Crippen LogP contribution in [0.3, 0.4) is 0 Å². The van der Waals surface area contributed by atoms with Crippen molar-refractivity contribution in [2.45, 2.75) is 19.1 Å². The molecule has 2 heteroatoms. The zero-order chi connectivity index (χ0) is 60.0. The van der Waals surface area contributed by atoms with E-state index in [0.29, 0.717) is 4.90 Å². The van der Waals surface area contributed by atoms with Crippen molar-refractivity contribution in [1.82, 2.24) is 0 Å². The lowest BCUT2D eigenvalue weighted by molar-refractivity contribution is 0.660. The van der Waals surface area contributed by atoms with Gasteiger partial charge < -0.3 is 9.32 Å². The van der Waals surface area contributed by atoms with Gasteiger partial charge in [-0.2, -0.15) is 0 Å². The van der Waals surface area contributed by atoms with E-state index in [-0.39, 0.29) is 16.5 Å². The van der Waals surface area contributed by atoms with Crippen LogP contribution in [-0.4, -0.2) is 0 Å². The maximum Gasteiger partial charge on any atom is 0.143 e. The van der Waals surface area contributed by atoms with E-state index in [0.717, 1.165) is 0 Å². The molecule has 0 atom stereocenters. The third-order valence-corrected chi connectivity index (χ3v) is 8.50. The second-order valence-corrected chi connectivity index (χ2v) is 11.4. The smallest absolute Gasteiger partial charge is 0.143 e. The summed E-state index contributed by atoms with van der Waals surface area (Å²) in [6, 6.07) is -17.9. The molecule has 51 heavy (non-hydrogen) atoms. The van der Waals surface area contributed by atoms with Gasteiger partial charge in [-0.15, -0.1) is 0 Å².